The molecule has 0 aromatic carbocycles. The van der Waals surface area contributed by atoms with Gasteiger partial charge >= 0.3 is 0 Å². The van der Waals surface area contributed by atoms with E-state index < -0.39 is 0 Å². The zero-order valence-electron chi connectivity index (χ0n) is 13.9. The van der Waals surface area contributed by atoms with Crippen LogP contribution in [0.5, 0.6) is 0 Å². The van der Waals surface area contributed by atoms with Crippen LogP contribution in [-0.4, -0.2) is 11.7 Å². The molecular weight excluding hydrogens is 272 g/mol. The minimum atomic E-state index is 0.416. The molecule has 1 heterocycles. The molecule has 2 fully saturated rings. The Morgan fingerprint density at radius 3 is 3.00 bits per heavy atom. The third kappa shape index (κ3) is 2.35. The fourth-order valence-corrected chi connectivity index (χ4v) is 6.29. The Morgan fingerprint density at radius 1 is 1.23 bits per heavy atom. The Morgan fingerprint density at radius 2 is 2.14 bits per heavy atom. The van der Waals surface area contributed by atoms with Crippen molar-refractivity contribution in [2.24, 2.45) is 29.1 Å². The van der Waals surface area contributed by atoms with E-state index in [9.17, 15) is 5.11 Å². The molecule has 1 N–H and O–H groups in total. The monoisotopic (exact) mass is 302 g/mol. The molecule has 2 nitrogen and oxygen atoms in total. The number of aliphatic hydroxyl groups excluding tert-OH is 1. The molecule has 5 unspecified atom stereocenters. The molecule has 5 atom stereocenters. The van der Waals surface area contributed by atoms with Gasteiger partial charge in [-0.05, 0) is 92.1 Å². The van der Waals surface area contributed by atoms with Crippen molar-refractivity contribution in [1.82, 2.24) is 0 Å². The third-order valence-electron chi connectivity index (χ3n) is 7.35. The number of aryl methyl sites for hydroxylation is 2. The van der Waals surface area contributed by atoms with Crippen LogP contribution >= 0.6 is 0 Å². The van der Waals surface area contributed by atoms with Crippen molar-refractivity contribution in [2.75, 3.05) is 6.61 Å². The Kier molecular flexibility index (Phi) is 3.84. The summed E-state index contributed by atoms with van der Waals surface area (Å²) in [5.74, 6) is 4.30. The summed E-state index contributed by atoms with van der Waals surface area (Å²) >= 11 is 0. The van der Waals surface area contributed by atoms with Gasteiger partial charge in [-0.2, -0.15) is 0 Å². The van der Waals surface area contributed by atoms with Crippen LogP contribution in [0.4, 0.5) is 0 Å². The molecule has 2 saturated carbocycles. The van der Waals surface area contributed by atoms with Crippen LogP contribution < -0.4 is 0 Å². The normalized spacial score (nSPS) is 41.7. The maximum atomic E-state index is 9.78. The van der Waals surface area contributed by atoms with Crippen molar-refractivity contribution in [1.29, 1.82) is 0 Å². The lowest BCUT2D eigenvalue weighted by molar-refractivity contribution is 0.0513. The lowest BCUT2D eigenvalue weighted by Gasteiger charge is -2.45. The SMILES string of the molecule is CC1CCc2occc2CCCC23CC(CO)C(CCC12)C3. The Labute approximate surface area is 134 Å². The van der Waals surface area contributed by atoms with Crippen molar-refractivity contribution >= 4 is 0 Å². The van der Waals surface area contributed by atoms with E-state index in [-0.39, 0.29) is 0 Å². The van der Waals surface area contributed by atoms with E-state index in [2.05, 4.69) is 13.0 Å². The molecule has 2 bridgehead atoms. The average molecular weight is 302 g/mol. The molecule has 3 aliphatic rings. The van der Waals surface area contributed by atoms with Crippen LogP contribution in [0.1, 0.15) is 63.2 Å². The van der Waals surface area contributed by atoms with Crippen LogP contribution in [0.3, 0.4) is 0 Å². The van der Waals surface area contributed by atoms with E-state index >= 15 is 0 Å². The second-order valence-electron chi connectivity index (χ2n) is 8.40. The highest BCUT2D eigenvalue weighted by Crippen LogP contribution is 2.61. The van der Waals surface area contributed by atoms with E-state index in [0.717, 1.165) is 24.2 Å². The molecule has 0 radical (unpaired) electrons. The van der Waals surface area contributed by atoms with Gasteiger partial charge in [-0.1, -0.05) is 6.92 Å². The summed E-state index contributed by atoms with van der Waals surface area (Å²) in [6.45, 7) is 2.89. The van der Waals surface area contributed by atoms with Crippen LogP contribution in [0.2, 0.25) is 0 Å². The molecule has 22 heavy (non-hydrogen) atoms. The first-order valence-corrected chi connectivity index (χ1v) is 9.38. The zero-order chi connectivity index (χ0) is 15.2. The quantitative estimate of drug-likeness (QED) is 0.822. The summed E-state index contributed by atoms with van der Waals surface area (Å²) in [5, 5.41) is 9.78. The third-order valence-corrected chi connectivity index (χ3v) is 7.35. The summed E-state index contributed by atoms with van der Waals surface area (Å²) in [6.07, 6.45) is 13.5. The van der Waals surface area contributed by atoms with Gasteiger partial charge in [0.15, 0.2) is 0 Å². The predicted octanol–water partition coefficient (Wildman–Crippen LogP) is 4.60. The highest BCUT2D eigenvalue weighted by atomic mass is 16.3. The Hall–Kier alpha value is -0.760. The van der Waals surface area contributed by atoms with Gasteiger partial charge in [0.2, 0.25) is 0 Å². The molecular formula is C20H30O2. The Bertz CT molecular complexity index is 520. The smallest absolute Gasteiger partial charge is 0.106 e. The highest BCUT2D eigenvalue weighted by molar-refractivity contribution is 5.18. The van der Waals surface area contributed by atoms with E-state index in [0.29, 0.717) is 17.9 Å². The van der Waals surface area contributed by atoms with Crippen molar-refractivity contribution in [3.05, 3.63) is 23.7 Å². The second-order valence-corrected chi connectivity index (χ2v) is 8.40. The van der Waals surface area contributed by atoms with E-state index in [4.69, 9.17) is 4.42 Å². The highest BCUT2D eigenvalue weighted by Gasteiger charge is 2.53. The van der Waals surface area contributed by atoms with Crippen LogP contribution in [-0.2, 0) is 12.8 Å². The topological polar surface area (TPSA) is 33.4 Å². The van der Waals surface area contributed by atoms with Crippen molar-refractivity contribution in [2.45, 2.75) is 64.7 Å². The second kappa shape index (κ2) is 5.70. The summed E-state index contributed by atoms with van der Waals surface area (Å²) in [6, 6.07) is 2.19. The molecule has 0 saturated heterocycles. The van der Waals surface area contributed by atoms with Crippen molar-refractivity contribution in [3.63, 3.8) is 0 Å². The van der Waals surface area contributed by atoms with Crippen LogP contribution in [0.15, 0.2) is 16.7 Å². The number of fused-ring (bicyclic) bond motifs is 2. The molecule has 0 amide bonds. The molecule has 122 valence electrons. The number of hydrogen-bond acceptors (Lipinski definition) is 2. The minimum Gasteiger partial charge on any atom is -0.469 e. The van der Waals surface area contributed by atoms with Crippen molar-refractivity contribution < 1.29 is 9.52 Å². The molecule has 2 heteroatoms. The number of hydrogen-bond donors (Lipinski definition) is 1. The Balaban J connectivity index is 1.61. The zero-order valence-corrected chi connectivity index (χ0v) is 13.9. The summed E-state index contributed by atoms with van der Waals surface area (Å²) in [5.41, 5.74) is 1.99. The van der Waals surface area contributed by atoms with Crippen LogP contribution in [0.25, 0.3) is 0 Å². The van der Waals surface area contributed by atoms with Gasteiger partial charge in [0.1, 0.15) is 5.76 Å². The van der Waals surface area contributed by atoms with Crippen molar-refractivity contribution in [3.8, 4) is 0 Å². The van der Waals surface area contributed by atoms with E-state index in [1.807, 2.05) is 6.26 Å². The number of aliphatic hydroxyl groups is 1. The van der Waals surface area contributed by atoms with Gasteiger partial charge in [0, 0.05) is 13.0 Å². The lowest BCUT2D eigenvalue weighted by Crippen LogP contribution is -2.36. The average Bonchev–Trinajstić information content (AvgIpc) is 3.08. The van der Waals surface area contributed by atoms with E-state index in [1.165, 1.54) is 62.7 Å². The summed E-state index contributed by atoms with van der Waals surface area (Å²) < 4.78 is 5.73. The van der Waals surface area contributed by atoms with Gasteiger partial charge in [0.25, 0.3) is 0 Å². The molecule has 0 aliphatic heterocycles. The standard InChI is InChI=1S/C20H30O2/c1-14-4-7-19-15(8-10-22-19)3-2-9-20-11-16(5-6-18(14)20)17(12-20)13-21/h8,10,14,16-18,21H,2-7,9,11-13H2,1H3. The fourth-order valence-electron chi connectivity index (χ4n) is 6.29. The van der Waals surface area contributed by atoms with E-state index in [1.54, 1.807) is 0 Å². The first-order valence-electron chi connectivity index (χ1n) is 9.38. The molecule has 1 aromatic heterocycles. The maximum absolute atomic E-state index is 9.78. The number of rotatable bonds is 1. The minimum absolute atomic E-state index is 0.416. The summed E-state index contributed by atoms with van der Waals surface area (Å²) in [7, 11) is 0. The molecule has 4 rings (SSSR count). The van der Waals surface area contributed by atoms with Gasteiger partial charge in [-0.3, -0.25) is 0 Å². The van der Waals surface area contributed by atoms with Crippen LogP contribution in [0, 0.1) is 29.1 Å². The summed E-state index contributed by atoms with van der Waals surface area (Å²) in [4.78, 5) is 0. The fraction of sp³-hybridized carbons (Fsp3) is 0.800. The molecule has 3 aliphatic carbocycles. The first-order chi connectivity index (χ1) is 10.7. The molecule has 1 spiro atoms. The predicted molar refractivity (Wildman–Crippen MR) is 87.6 cm³/mol. The van der Waals surface area contributed by atoms with Gasteiger partial charge in [-0.15, -0.1) is 0 Å². The number of furan rings is 1. The maximum Gasteiger partial charge on any atom is 0.106 e. The first kappa shape index (κ1) is 14.8. The van der Waals surface area contributed by atoms with Gasteiger partial charge in [-0.25, -0.2) is 0 Å². The van der Waals surface area contributed by atoms with Gasteiger partial charge in [0.05, 0.1) is 6.26 Å². The van der Waals surface area contributed by atoms with Gasteiger partial charge < -0.3 is 9.52 Å². The lowest BCUT2D eigenvalue weighted by atomic mass is 9.60. The molecule has 1 aromatic rings. The largest absolute Gasteiger partial charge is 0.469 e.